The molecule has 0 saturated carbocycles. The summed E-state index contributed by atoms with van der Waals surface area (Å²) in [5.41, 5.74) is 3.86. The van der Waals surface area contributed by atoms with Crippen molar-refractivity contribution in [3.05, 3.63) is 107 Å². The minimum absolute atomic E-state index is 0.0480. The SMILES string of the molecule is CC.COCCn1c(Cc2ccc(-c3cccc(OCc4ccc(C#N)cc4F)n3)cc2O)nc2ccc(C(=O)O)cc21. The highest BCUT2D eigenvalue weighted by atomic mass is 19.1. The van der Waals surface area contributed by atoms with Gasteiger partial charge in [0.2, 0.25) is 5.88 Å². The smallest absolute Gasteiger partial charge is 0.335 e. The number of nitrogens with zero attached hydrogens (tertiary/aromatic N) is 4. The summed E-state index contributed by atoms with van der Waals surface area (Å²) >= 11 is 0. The van der Waals surface area contributed by atoms with Gasteiger partial charge in [-0.2, -0.15) is 5.26 Å². The van der Waals surface area contributed by atoms with Gasteiger partial charge in [-0.05, 0) is 42.5 Å². The quantitative estimate of drug-likeness (QED) is 0.195. The molecule has 0 aliphatic rings. The molecule has 0 fully saturated rings. The van der Waals surface area contributed by atoms with Crippen LogP contribution >= 0.6 is 0 Å². The molecule has 0 atom stereocenters. The summed E-state index contributed by atoms with van der Waals surface area (Å²) in [6, 6.07) is 21.2. The van der Waals surface area contributed by atoms with Crippen molar-refractivity contribution in [3.8, 4) is 29.0 Å². The molecular weight excluding hydrogens is 551 g/mol. The van der Waals surface area contributed by atoms with Crippen LogP contribution in [0.5, 0.6) is 11.6 Å². The molecule has 43 heavy (non-hydrogen) atoms. The molecule has 5 aromatic rings. The standard InChI is InChI=1S/C31H25FN4O5.C2H6/c1-40-12-11-36-27-14-22(31(38)39)9-10-26(27)34-29(36)16-21-8-7-20(15-28(21)37)25-3-2-4-30(35-25)41-18-23-6-5-19(17-33)13-24(23)32;1-2/h2-10,13-15,37H,11-12,16,18H2,1H3,(H,38,39);1-2H3. The molecule has 5 rings (SSSR count). The van der Waals surface area contributed by atoms with Crippen LogP contribution in [0.2, 0.25) is 0 Å². The number of hydrogen-bond acceptors (Lipinski definition) is 7. The average molecular weight is 583 g/mol. The normalized spacial score (nSPS) is 10.6. The van der Waals surface area contributed by atoms with Crippen molar-refractivity contribution in [2.75, 3.05) is 13.7 Å². The predicted octanol–water partition coefficient (Wildman–Crippen LogP) is 6.36. The lowest BCUT2D eigenvalue weighted by atomic mass is 10.0. The van der Waals surface area contributed by atoms with Gasteiger partial charge < -0.3 is 24.3 Å². The molecule has 0 bridgehead atoms. The van der Waals surface area contributed by atoms with Crippen molar-refractivity contribution >= 4 is 17.0 Å². The van der Waals surface area contributed by atoms with E-state index in [0.717, 1.165) is 6.07 Å². The lowest BCUT2D eigenvalue weighted by Gasteiger charge is -2.11. The monoisotopic (exact) mass is 582 g/mol. The zero-order valence-corrected chi connectivity index (χ0v) is 24.0. The Morgan fingerprint density at radius 3 is 2.51 bits per heavy atom. The van der Waals surface area contributed by atoms with E-state index in [2.05, 4.69) is 9.97 Å². The largest absolute Gasteiger partial charge is 0.508 e. The maximum Gasteiger partial charge on any atom is 0.335 e. The van der Waals surface area contributed by atoms with Crippen molar-refractivity contribution in [1.29, 1.82) is 5.26 Å². The molecule has 3 aromatic carbocycles. The van der Waals surface area contributed by atoms with Crippen LogP contribution in [-0.4, -0.2) is 44.4 Å². The summed E-state index contributed by atoms with van der Waals surface area (Å²) in [5, 5.41) is 29.2. The highest BCUT2D eigenvalue weighted by molar-refractivity contribution is 5.92. The van der Waals surface area contributed by atoms with Crippen molar-refractivity contribution in [1.82, 2.24) is 14.5 Å². The molecule has 0 amide bonds. The van der Waals surface area contributed by atoms with Gasteiger partial charge >= 0.3 is 5.97 Å². The van der Waals surface area contributed by atoms with E-state index in [1.165, 1.54) is 18.2 Å². The van der Waals surface area contributed by atoms with Crippen LogP contribution in [0.3, 0.4) is 0 Å². The van der Waals surface area contributed by atoms with E-state index in [1.807, 2.05) is 30.6 Å². The Hall–Kier alpha value is -5.27. The number of aromatic nitrogens is 3. The molecule has 0 radical (unpaired) electrons. The lowest BCUT2D eigenvalue weighted by molar-refractivity contribution is 0.0697. The third kappa shape index (κ3) is 7.15. The summed E-state index contributed by atoms with van der Waals surface area (Å²) in [7, 11) is 1.59. The number of imidazole rings is 1. The lowest BCUT2D eigenvalue weighted by Crippen LogP contribution is -2.09. The highest BCUT2D eigenvalue weighted by Gasteiger charge is 2.16. The van der Waals surface area contributed by atoms with E-state index in [4.69, 9.17) is 14.7 Å². The number of benzene rings is 3. The Bertz CT molecular complexity index is 1790. The van der Waals surface area contributed by atoms with E-state index in [0.29, 0.717) is 58.8 Å². The maximum absolute atomic E-state index is 14.2. The number of phenolic OH excluding ortho intramolecular Hbond substituents is 1. The molecule has 0 aliphatic carbocycles. The number of carboxylic acid groups (broad SMARTS) is 1. The summed E-state index contributed by atoms with van der Waals surface area (Å²) < 4.78 is 27.0. The number of nitriles is 1. The van der Waals surface area contributed by atoms with E-state index < -0.39 is 11.8 Å². The summed E-state index contributed by atoms with van der Waals surface area (Å²) in [6.07, 6.45) is 0.305. The summed E-state index contributed by atoms with van der Waals surface area (Å²) in [5.74, 6) is -0.565. The van der Waals surface area contributed by atoms with Crippen LogP contribution in [0.4, 0.5) is 4.39 Å². The number of carboxylic acids is 1. The van der Waals surface area contributed by atoms with E-state index in [-0.39, 0.29) is 29.4 Å². The molecule has 0 spiro atoms. The Labute approximate surface area is 248 Å². The second-order valence-electron chi connectivity index (χ2n) is 9.27. The van der Waals surface area contributed by atoms with Gasteiger partial charge in [0.25, 0.3) is 0 Å². The minimum Gasteiger partial charge on any atom is -0.508 e. The van der Waals surface area contributed by atoms with E-state index in [1.54, 1.807) is 49.6 Å². The van der Waals surface area contributed by atoms with Crippen LogP contribution in [0.25, 0.3) is 22.3 Å². The number of halogens is 1. The second-order valence-corrected chi connectivity index (χ2v) is 9.27. The molecule has 0 aliphatic heterocycles. The van der Waals surface area contributed by atoms with Crippen molar-refractivity contribution < 1.29 is 28.9 Å². The minimum atomic E-state index is -1.02. The molecule has 0 saturated heterocycles. The number of aromatic carboxylic acids is 1. The van der Waals surface area contributed by atoms with Gasteiger partial charge in [0.05, 0.1) is 40.5 Å². The van der Waals surface area contributed by atoms with Gasteiger partial charge in [-0.3, -0.25) is 0 Å². The van der Waals surface area contributed by atoms with Gasteiger partial charge in [-0.1, -0.05) is 38.1 Å². The third-order valence-corrected chi connectivity index (χ3v) is 6.60. The Balaban J connectivity index is 0.00000207. The zero-order valence-electron chi connectivity index (χ0n) is 24.0. The molecular formula is C33H31FN4O5. The van der Waals surface area contributed by atoms with Crippen LogP contribution < -0.4 is 4.74 Å². The number of hydrogen-bond donors (Lipinski definition) is 2. The van der Waals surface area contributed by atoms with Crippen LogP contribution in [0.1, 0.15) is 46.7 Å². The zero-order chi connectivity index (χ0) is 30.9. The number of carbonyl (C=O) groups is 1. The first kappa shape index (κ1) is 30.7. The third-order valence-electron chi connectivity index (χ3n) is 6.60. The van der Waals surface area contributed by atoms with Gasteiger partial charge in [-0.25, -0.2) is 19.2 Å². The van der Waals surface area contributed by atoms with Gasteiger partial charge in [0, 0.05) is 42.8 Å². The van der Waals surface area contributed by atoms with E-state index >= 15 is 0 Å². The molecule has 9 nitrogen and oxygen atoms in total. The molecule has 2 aromatic heterocycles. The van der Waals surface area contributed by atoms with Crippen molar-refractivity contribution in [3.63, 3.8) is 0 Å². The van der Waals surface area contributed by atoms with Gasteiger partial charge in [0.1, 0.15) is 24.0 Å². The number of ether oxygens (including phenoxy) is 2. The van der Waals surface area contributed by atoms with Crippen LogP contribution in [-0.2, 0) is 24.3 Å². The Morgan fingerprint density at radius 1 is 1.02 bits per heavy atom. The van der Waals surface area contributed by atoms with Crippen molar-refractivity contribution in [2.24, 2.45) is 0 Å². The second kappa shape index (κ2) is 14.1. The Morgan fingerprint density at radius 2 is 1.81 bits per heavy atom. The summed E-state index contributed by atoms with van der Waals surface area (Å²) in [4.78, 5) is 20.7. The molecule has 0 unspecified atom stereocenters. The Kier molecular flexibility index (Phi) is 10.0. The van der Waals surface area contributed by atoms with Crippen molar-refractivity contribution in [2.45, 2.75) is 33.4 Å². The average Bonchev–Trinajstić information content (AvgIpc) is 3.37. The topological polar surface area (TPSA) is 130 Å². The number of fused-ring (bicyclic) bond motifs is 1. The first-order valence-electron chi connectivity index (χ1n) is 13.7. The number of rotatable bonds is 10. The fraction of sp³-hybridized carbons (Fsp3) is 0.212. The van der Waals surface area contributed by atoms with Gasteiger partial charge in [-0.15, -0.1) is 0 Å². The predicted molar refractivity (Wildman–Crippen MR) is 160 cm³/mol. The number of pyridine rings is 1. The van der Waals surface area contributed by atoms with Crippen LogP contribution in [0.15, 0.2) is 72.8 Å². The highest BCUT2D eigenvalue weighted by Crippen LogP contribution is 2.29. The number of methoxy groups -OCH3 is 1. The number of aromatic hydroxyl groups is 1. The first-order valence-corrected chi connectivity index (χ1v) is 13.7. The molecule has 10 heteroatoms. The fourth-order valence-corrected chi connectivity index (χ4v) is 4.46. The fourth-order valence-electron chi connectivity index (χ4n) is 4.46. The van der Waals surface area contributed by atoms with Gasteiger partial charge in [0.15, 0.2) is 0 Å². The molecule has 220 valence electrons. The molecule has 2 N–H and O–H groups in total. The molecule has 2 heterocycles. The first-order chi connectivity index (χ1) is 20.9. The van der Waals surface area contributed by atoms with E-state index in [9.17, 15) is 19.4 Å². The number of phenols is 1. The van der Waals surface area contributed by atoms with Crippen LogP contribution in [0, 0.1) is 17.1 Å². The maximum atomic E-state index is 14.2. The summed E-state index contributed by atoms with van der Waals surface area (Å²) in [6.45, 7) is 4.81.